The molecule has 0 bridgehead atoms. The number of carbonyl (C=O) groups is 4. The third kappa shape index (κ3) is 9.35. The Bertz CT molecular complexity index is 1480. The number of esters is 2. The molecule has 4 unspecified atom stereocenters. The fraction of sp³-hybridized carbons (Fsp3) is 0.529. The van der Waals surface area contributed by atoms with Gasteiger partial charge in [-0.15, -0.1) is 0 Å². The average molecular weight is 673 g/mol. The molecule has 2 aromatic carbocycles. The van der Waals surface area contributed by atoms with E-state index in [0.29, 0.717) is 35.8 Å². The molecule has 0 saturated carbocycles. The highest BCUT2D eigenvalue weighted by atomic mass is 16.7. The Morgan fingerprint density at radius 3 is 2.08 bits per heavy atom. The molecule has 2 aromatic rings. The van der Waals surface area contributed by atoms with E-state index in [9.17, 15) is 19.2 Å². The van der Waals surface area contributed by atoms with Gasteiger partial charge in [0.2, 0.25) is 26.7 Å². The zero-order valence-corrected chi connectivity index (χ0v) is 28.4. The lowest BCUT2D eigenvalue weighted by atomic mass is 9.96. The number of rotatable bonds is 14. The predicted molar refractivity (Wildman–Crippen MR) is 170 cm³/mol. The Morgan fingerprint density at radius 2 is 1.35 bits per heavy atom. The second-order valence-electron chi connectivity index (χ2n) is 11.9. The maximum Gasteiger partial charge on any atom is 0.412 e. The summed E-state index contributed by atoms with van der Waals surface area (Å²) in [7, 11) is 3.21. The maximum absolute atomic E-state index is 13.0. The number of benzene rings is 2. The predicted octanol–water partition coefficient (Wildman–Crippen LogP) is 4.82. The number of fused-ring (bicyclic) bond motifs is 2. The zero-order chi connectivity index (χ0) is 35.0. The number of carbonyl (C=O) groups excluding carboxylic acids is 4. The van der Waals surface area contributed by atoms with E-state index in [4.69, 9.17) is 37.9 Å². The number of ether oxygens (including phenoxy) is 8. The molecule has 2 aliphatic heterocycles. The standard InChI is InChI=1S/C34H44N2O12/c1-8-30(37)44-19-46-33(39)35(6)22(4)13-25-14-26(31-29(16-25)43-18-45-31)11-20(2)32(38)47-23(5)48-34(40)36(7)21(3)12-24-9-10-27-28(15-24)42-17-41-27/h9-10,14-16,20-23H,8,11-13,17-19H2,1-7H3. The molecule has 2 aliphatic rings. The van der Waals surface area contributed by atoms with Crippen LogP contribution < -0.4 is 18.9 Å². The summed E-state index contributed by atoms with van der Waals surface area (Å²) < 4.78 is 42.9. The summed E-state index contributed by atoms with van der Waals surface area (Å²) in [6.45, 7) is 8.35. The fourth-order valence-electron chi connectivity index (χ4n) is 5.09. The lowest BCUT2D eigenvalue weighted by Gasteiger charge is -2.26. The minimum absolute atomic E-state index is 0.0382. The summed E-state index contributed by atoms with van der Waals surface area (Å²) in [5.41, 5.74) is 2.55. The number of likely N-dealkylation sites (N-methyl/N-ethyl adjacent to an activating group) is 2. The number of nitrogens with zero attached hydrogens (tertiary/aromatic N) is 2. The van der Waals surface area contributed by atoms with E-state index in [1.807, 2.05) is 44.2 Å². The Morgan fingerprint density at radius 1 is 0.729 bits per heavy atom. The molecule has 262 valence electrons. The Labute approximate surface area is 280 Å². The van der Waals surface area contributed by atoms with E-state index in [1.165, 1.54) is 16.7 Å². The van der Waals surface area contributed by atoms with Crippen LogP contribution in [0.15, 0.2) is 30.3 Å². The van der Waals surface area contributed by atoms with Crippen molar-refractivity contribution in [2.24, 2.45) is 5.92 Å². The van der Waals surface area contributed by atoms with Crippen LogP contribution in [-0.4, -0.2) is 86.8 Å². The number of amides is 2. The molecule has 2 heterocycles. The van der Waals surface area contributed by atoms with Crippen molar-refractivity contribution in [3.63, 3.8) is 0 Å². The normalized spacial score (nSPS) is 15.1. The van der Waals surface area contributed by atoms with Gasteiger partial charge in [0.05, 0.1) is 5.92 Å². The van der Waals surface area contributed by atoms with E-state index in [-0.39, 0.29) is 38.5 Å². The summed E-state index contributed by atoms with van der Waals surface area (Å²) in [4.78, 5) is 52.4. The topological polar surface area (TPSA) is 149 Å². The summed E-state index contributed by atoms with van der Waals surface area (Å²) in [6, 6.07) is 8.87. The first-order valence-corrected chi connectivity index (χ1v) is 15.8. The molecule has 0 spiro atoms. The third-order valence-corrected chi connectivity index (χ3v) is 8.18. The minimum Gasteiger partial charge on any atom is -0.454 e. The van der Waals surface area contributed by atoms with Crippen molar-refractivity contribution in [1.29, 1.82) is 0 Å². The molecule has 14 nitrogen and oxygen atoms in total. The van der Waals surface area contributed by atoms with Gasteiger partial charge < -0.3 is 47.7 Å². The van der Waals surface area contributed by atoms with Gasteiger partial charge in [0.1, 0.15) is 0 Å². The minimum atomic E-state index is -1.12. The van der Waals surface area contributed by atoms with Crippen LogP contribution in [0.4, 0.5) is 9.59 Å². The van der Waals surface area contributed by atoms with Gasteiger partial charge in [-0.3, -0.25) is 9.59 Å². The molecule has 14 heteroatoms. The van der Waals surface area contributed by atoms with Crippen LogP contribution in [0.1, 0.15) is 57.7 Å². The van der Waals surface area contributed by atoms with Crippen LogP contribution in [0.2, 0.25) is 0 Å². The molecular weight excluding hydrogens is 628 g/mol. The average Bonchev–Trinajstić information content (AvgIpc) is 3.73. The van der Waals surface area contributed by atoms with Crippen molar-refractivity contribution in [3.8, 4) is 23.0 Å². The third-order valence-electron chi connectivity index (χ3n) is 8.18. The Balaban J connectivity index is 1.29. The number of hydrogen-bond acceptors (Lipinski definition) is 12. The van der Waals surface area contributed by atoms with Crippen LogP contribution >= 0.6 is 0 Å². The molecule has 4 rings (SSSR count). The molecule has 0 fully saturated rings. The van der Waals surface area contributed by atoms with E-state index in [1.54, 1.807) is 27.9 Å². The van der Waals surface area contributed by atoms with E-state index in [0.717, 1.165) is 16.7 Å². The summed E-state index contributed by atoms with van der Waals surface area (Å²) in [5, 5.41) is 0. The first kappa shape index (κ1) is 36.0. The molecule has 4 atom stereocenters. The molecule has 2 amide bonds. The molecule has 48 heavy (non-hydrogen) atoms. The van der Waals surface area contributed by atoms with Crippen LogP contribution in [0, 0.1) is 5.92 Å². The molecule has 0 aliphatic carbocycles. The highest BCUT2D eigenvalue weighted by Gasteiger charge is 2.28. The van der Waals surface area contributed by atoms with Gasteiger partial charge >= 0.3 is 24.1 Å². The van der Waals surface area contributed by atoms with Gasteiger partial charge in [0, 0.05) is 39.5 Å². The Kier molecular flexibility index (Phi) is 12.2. The summed E-state index contributed by atoms with van der Waals surface area (Å²) >= 11 is 0. The first-order chi connectivity index (χ1) is 22.9. The summed E-state index contributed by atoms with van der Waals surface area (Å²) in [5.74, 6) is 0.800. The largest absolute Gasteiger partial charge is 0.454 e. The van der Waals surface area contributed by atoms with Gasteiger partial charge in [0.25, 0.3) is 0 Å². The lowest BCUT2D eigenvalue weighted by molar-refractivity contribution is -0.170. The number of hydrogen-bond donors (Lipinski definition) is 0. The Hall–Kier alpha value is -4.88. The smallest absolute Gasteiger partial charge is 0.412 e. The van der Waals surface area contributed by atoms with Gasteiger partial charge in [-0.2, -0.15) is 0 Å². The van der Waals surface area contributed by atoms with E-state index < -0.39 is 43.1 Å². The van der Waals surface area contributed by atoms with Gasteiger partial charge in [-0.25, -0.2) is 9.59 Å². The molecule has 0 N–H and O–H groups in total. The van der Waals surface area contributed by atoms with Crippen molar-refractivity contribution in [1.82, 2.24) is 9.80 Å². The molecule has 0 saturated heterocycles. The van der Waals surface area contributed by atoms with Crippen molar-refractivity contribution >= 4 is 24.1 Å². The van der Waals surface area contributed by atoms with Crippen molar-refractivity contribution in [3.05, 3.63) is 47.0 Å². The highest BCUT2D eigenvalue weighted by Crippen LogP contribution is 2.39. The van der Waals surface area contributed by atoms with Gasteiger partial charge in [-0.05, 0) is 68.0 Å². The summed E-state index contributed by atoms with van der Waals surface area (Å²) in [6.07, 6.45) is -0.942. The quantitative estimate of drug-likeness (QED) is 0.200. The molecule has 0 radical (unpaired) electrons. The van der Waals surface area contributed by atoms with Crippen LogP contribution in [0.5, 0.6) is 23.0 Å². The van der Waals surface area contributed by atoms with Crippen molar-refractivity contribution < 1.29 is 57.1 Å². The molecule has 0 aromatic heterocycles. The highest BCUT2D eigenvalue weighted by molar-refractivity contribution is 5.73. The van der Waals surface area contributed by atoms with Gasteiger partial charge in [-0.1, -0.05) is 26.0 Å². The fourth-order valence-corrected chi connectivity index (χ4v) is 5.09. The van der Waals surface area contributed by atoms with Crippen molar-refractivity contribution in [2.45, 2.75) is 78.7 Å². The zero-order valence-electron chi connectivity index (χ0n) is 28.4. The van der Waals surface area contributed by atoms with Crippen LogP contribution in [-0.2, 0) is 47.8 Å². The van der Waals surface area contributed by atoms with Crippen LogP contribution in [0.3, 0.4) is 0 Å². The SMILES string of the molecule is CCC(=O)OCOC(=O)N(C)C(C)Cc1cc(CC(C)C(=O)OC(C)OC(=O)N(C)C(C)Cc2ccc3c(c2)OCO3)c2c(c1)OCO2. The maximum atomic E-state index is 13.0. The second-order valence-corrected chi connectivity index (χ2v) is 11.9. The first-order valence-electron chi connectivity index (χ1n) is 15.8. The van der Waals surface area contributed by atoms with E-state index >= 15 is 0 Å². The van der Waals surface area contributed by atoms with Crippen molar-refractivity contribution in [2.75, 3.05) is 34.5 Å². The van der Waals surface area contributed by atoms with Crippen LogP contribution in [0.25, 0.3) is 0 Å². The van der Waals surface area contributed by atoms with E-state index in [2.05, 4.69) is 0 Å². The monoisotopic (exact) mass is 672 g/mol. The molecular formula is C34H44N2O12. The second kappa shape index (κ2) is 16.3. The van der Waals surface area contributed by atoms with Gasteiger partial charge in [0.15, 0.2) is 23.0 Å². The lowest BCUT2D eigenvalue weighted by Crippen LogP contribution is -2.39.